The van der Waals surface area contributed by atoms with Crippen LogP contribution in [0.2, 0.25) is 0 Å². The fourth-order valence-electron chi connectivity index (χ4n) is 3.19. The molecular formula is C19H26N2OS. The van der Waals surface area contributed by atoms with E-state index < -0.39 is 0 Å². The third-order valence-corrected chi connectivity index (χ3v) is 5.23. The second kappa shape index (κ2) is 8.02. The van der Waals surface area contributed by atoms with Crippen molar-refractivity contribution in [1.82, 2.24) is 4.98 Å². The third-order valence-electron chi connectivity index (χ3n) is 4.51. The van der Waals surface area contributed by atoms with Crippen LogP contribution >= 0.6 is 11.8 Å². The highest BCUT2D eigenvalue weighted by atomic mass is 32.2. The molecule has 0 aliphatic carbocycles. The molecule has 1 atom stereocenters. The molecule has 0 saturated carbocycles. The van der Waals surface area contributed by atoms with Crippen LogP contribution in [0.25, 0.3) is 10.9 Å². The number of pyridine rings is 1. The summed E-state index contributed by atoms with van der Waals surface area (Å²) in [6.07, 6.45) is 8.69. The van der Waals surface area contributed by atoms with Gasteiger partial charge in [-0.25, -0.2) is 4.98 Å². The van der Waals surface area contributed by atoms with Gasteiger partial charge >= 0.3 is 0 Å². The predicted molar refractivity (Wildman–Crippen MR) is 99.6 cm³/mol. The molecule has 2 heterocycles. The second-order valence-corrected chi connectivity index (χ2v) is 7.14. The van der Waals surface area contributed by atoms with Crippen molar-refractivity contribution in [2.24, 2.45) is 0 Å². The number of aryl methyl sites for hydroxylation is 1. The molecule has 124 valence electrons. The lowest BCUT2D eigenvalue weighted by molar-refractivity contribution is 0.102. The van der Waals surface area contributed by atoms with Gasteiger partial charge in [-0.2, -0.15) is 0 Å². The molecule has 23 heavy (non-hydrogen) atoms. The summed E-state index contributed by atoms with van der Waals surface area (Å²) in [5, 5.41) is 4.72. The van der Waals surface area contributed by atoms with Crippen LogP contribution in [-0.2, 0) is 4.74 Å². The average molecular weight is 330 g/mol. The van der Waals surface area contributed by atoms with Crippen LogP contribution in [0.15, 0.2) is 29.2 Å². The van der Waals surface area contributed by atoms with Gasteiger partial charge in [-0.3, -0.25) is 0 Å². The zero-order chi connectivity index (χ0) is 16.1. The molecule has 1 saturated heterocycles. The topological polar surface area (TPSA) is 34.1 Å². The maximum atomic E-state index is 5.67. The number of nitrogens with zero attached hydrogens (tertiary/aromatic N) is 1. The Labute approximate surface area is 143 Å². The fraction of sp³-hybridized carbons (Fsp3) is 0.526. The smallest absolute Gasteiger partial charge is 0.126 e. The van der Waals surface area contributed by atoms with E-state index in [1.54, 1.807) is 11.8 Å². The van der Waals surface area contributed by atoms with Crippen molar-refractivity contribution in [2.45, 2.75) is 50.0 Å². The lowest BCUT2D eigenvalue weighted by Crippen LogP contribution is -2.07. The maximum absolute atomic E-state index is 5.67. The van der Waals surface area contributed by atoms with Gasteiger partial charge in [-0.05, 0) is 69.0 Å². The summed E-state index contributed by atoms with van der Waals surface area (Å²) >= 11 is 1.76. The number of anilines is 1. The van der Waals surface area contributed by atoms with E-state index in [-0.39, 0.29) is 0 Å². The van der Waals surface area contributed by atoms with E-state index in [0.29, 0.717) is 6.10 Å². The predicted octanol–water partition coefficient (Wildman–Crippen LogP) is 5.03. The fourth-order valence-corrected chi connectivity index (χ4v) is 3.62. The normalized spacial score (nSPS) is 17.7. The van der Waals surface area contributed by atoms with Crippen LogP contribution in [0.3, 0.4) is 0 Å². The molecule has 1 N–H and O–H groups in total. The van der Waals surface area contributed by atoms with Gasteiger partial charge in [-0.1, -0.05) is 6.07 Å². The Balaban J connectivity index is 1.54. The van der Waals surface area contributed by atoms with Gasteiger partial charge in [-0.15, -0.1) is 11.8 Å². The molecule has 1 aromatic heterocycles. The molecule has 1 aliphatic heterocycles. The van der Waals surface area contributed by atoms with Crippen LogP contribution in [0, 0.1) is 6.92 Å². The number of fused-ring (bicyclic) bond motifs is 1. The van der Waals surface area contributed by atoms with Crippen molar-refractivity contribution in [3.05, 3.63) is 29.8 Å². The standard InChI is InChI=1S/C19H26N2OS/c1-14-12-19(20-10-4-3-6-15-7-5-11-22-15)21-18-13-16(23-2)8-9-17(14)18/h8-9,12-13,15H,3-7,10-11H2,1-2H3,(H,20,21). The molecule has 1 unspecified atom stereocenters. The number of aromatic nitrogens is 1. The first-order valence-electron chi connectivity index (χ1n) is 8.57. The van der Waals surface area contributed by atoms with E-state index in [1.165, 1.54) is 47.9 Å². The van der Waals surface area contributed by atoms with Crippen LogP contribution in [-0.4, -0.2) is 30.5 Å². The van der Waals surface area contributed by atoms with Gasteiger partial charge in [0.05, 0.1) is 11.6 Å². The Hall–Kier alpha value is -1.26. The molecular weight excluding hydrogens is 304 g/mol. The minimum atomic E-state index is 0.515. The molecule has 0 bridgehead atoms. The number of hydrogen-bond donors (Lipinski definition) is 1. The minimum Gasteiger partial charge on any atom is -0.378 e. The highest BCUT2D eigenvalue weighted by Gasteiger charge is 2.14. The van der Waals surface area contributed by atoms with Gasteiger partial charge in [0.1, 0.15) is 5.82 Å². The molecule has 3 nitrogen and oxygen atoms in total. The van der Waals surface area contributed by atoms with Crippen LogP contribution in [0.1, 0.15) is 37.7 Å². The number of nitrogens with one attached hydrogen (secondary N) is 1. The Morgan fingerprint density at radius 1 is 1.30 bits per heavy atom. The zero-order valence-electron chi connectivity index (χ0n) is 14.1. The highest BCUT2D eigenvalue weighted by Crippen LogP contribution is 2.25. The highest BCUT2D eigenvalue weighted by molar-refractivity contribution is 7.98. The van der Waals surface area contributed by atoms with Crippen molar-refractivity contribution in [2.75, 3.05) is 24.7 Å². The number of thioether (sulfide) groups is 1. The SMILES string of the molecule is CSc1ccc2c(C)cc(NCCCCC3CCCO3)nc2c1. The Kier molecular flexibility index (Phi) is 5.79. The number of ether oxygens (including phenoxy) is 1. The molecule has 1 aromatic carbocycles. The summed E-state index contributed by atoms with van der Waals surface area (Å²) in [5.41, 5.74) is 2.36. The minimum absolute atomic E-state index is 0.515. The van der Waals surface area contributed by atoms with Crippen LogP contribution in [0.5, 0.6) is 0 Å². The van der Waals surface area contributed by atoms with Gasteiger partial charge in [0.2, 0.25) is 0 Å². The summed E-state index contributed by atoms with van der Waals surface area (Å²) < 4.78 is 5.67. The summed E-state index contributed by atoms with van der Waals surface area (Å²) in [7, 11) is 0. The van der Waals surface area contributed by atoms with Crippen molar-refractivity contribution in [3.8, 4) is 0 Å². The van der Waals surface area contributed by atoms with E-state index in [2.05, 4.69) is 42.8 Å². The van der Waals surface area contributed by atoms with E-state index in [1.807, 2.05) is 0 Å². The number of unbranched alkanes of at least 4 members (excludes halogenated alkanes) is 1. The van der Waals surface area contributed by atoms with E-state index in [0.717, 1.165) is 24.5 Å². The van der Waals surface area contributed by atoms with E-state index >= 15 is 0 Å². The Bertz CT molecular complexity index is 653. The average Bonchev–Trinajstić information content (AvgIpc) is 3.07. The molecule has 1 fully saturated rings. The number of benzene rings is 1. The van der Waals surface area contributed by atoms with Crippen LogP contribution < -0.4 is 5.32 Å². The van der Waals surface area contributed by atoms with Crippen LogP contribution in [0.4, 0.5) is 5.82 Å². The van der Waals surface area contributed by atoms with Gasteiger partial charge < -0.3 is 10.1 Å². The molecule has 3 rings (SSSR count). The summed E-state index contributed by atoms with van der Waals surface area (Å²) in [5.74, 6) is 0.991. The molecule has 0 spiro atoms. The lowest BCUT2D eigenvalue weighted by Gasteiger charge is -2.11. The van der Waals surface area contributed by atoms with Gasteiger partial charge in [0.25, 0.3) is 0 Å². The Morgan fingerprint density at radius 3 is 3.00 bits per heavy atom. The number of rotatable bonds is 7. The summed E-state index contributed by atoms with van der Waals surface area (Å²) in [4.78, 5) is 6.03. The molecule has 0 radical (unpaired) electrons. The van der Waals surface area contributed by atoms with Crippen molar-refractivity contribution in [1.29, 1.82) is 0 Å². The van der Waals surface area contributed by atoms with Crippen molar-refractivity contribution in [3.63, 3.8) is 0 Å². The third kappa shape index (κ3) is 4.39. The molecule has 2 aromatic rings. The van der Waals surface area contributed by atoms with E-state index in [9.17, 15) is 0 Å². The van der Waals surface area contributed by atoms with Gasteiger partial charge in [0.15, 0.2) is 0 Å². The summed E-state index contributed by atoms with van der Waals surface area (Å²) in [6, 6.07) is 8.67. The maximum Gasteiger partial charge on any atom is 0.126 e. The van der Waals surface area contributed by atoms with Crippen molar-refractivity contribution < 1.29 is 4.74 Å². The lowest BCUT2D eigenvalue weighted by atomic mass is 10.1. The molecule has 4 heteroatoms. The first-order valence-corrected chi connectivity index (χ1v) is 9.79. The number of hydrogen-bond acceptors (Lipinski definition) is 4. The largest absolute Gasteiger partial charge is 0.378 e. The molecule has 0 amide bonds. The first-order chi connectivity index (χ1) is 11.3. The monoisotopic (exact) mass is 330 g/mol. The van der Waals surface area contributed by atoms with Crippen molar-refractivity contribution >= 4 is 28.5 Å². The first kappa shape index (κ1) is 16.6. The quantitative estimate of drug-likeness (QED) is 0.570. The zero-order valence-corrected chi connectivity index (χ0v) is 14.9. The van der Waals surface area contributed by atoms with E-state index in [4.69, 9.17) is 9.72 Å². The molecule has 1 aliphatic rings. The Morgan fingerprint density at radius 2 is 2.22 bits per heavy atom. The second-order valence-electron chi connectivity index (χ2n) is 6.27. The summed E-state index contributed by atoms with van der Waals surface area (Å²) in [6.45, 7) is 4.10. The van der Waals surface area contributed by atoms with Gasteiger partial charge in [0, 0.05) is 23.4 Å².